The number of ether oxygens (including phenoxy) is 1. The highest BCUT2D eigenvalue weighted by Crippen LogP contribution is 2.63. The second-order valence-electron chi connectivity index (χ2n) is 5.12. The van der Waals surface area contributed by atoms with Crippen molar-refractivity contribution in [1.82, 2.24) is 0 Å². The van der Waals surface area contributed by atoms with Gasteiger partial charge in [-0.1, -0.05) is 24.4 Å². The quantitative estimate of drug-likeness (QED) is 0.828. The fourth-order valence-electron chi connectivity index (χ4n) is 2.98. The number of nitrogens with two attached hydrogens (primary N) is 1. The van der Waals surface area contributed by atoms with E-state index in [0.29, 0.717) is 5.56 Å². The summed E-state index contributed by atoms with van der Waals surface area (Å²) in [6, 6.07) is 5.85. The summed E-state index contributed by atoms with van der Waals surface area (Å²) in [5.41, 5.74) is 5.39. The third kappa shape index (κ3) is 2.34. The van der Waals surface area contributed by atoms with Crippen molar-refractivity contribution in [3.63, 3.8) is 0 Å². The van der Waals surface area contributed by atoms with E-state index in [1.807, 2.05) is 0 Å². The Balaban J connectivity index is 2.53. The summed E-state index contributed by atoms with van der Waals surface area (Å²) in [6.45, 7) is 0.0985. The minimum atomic E-state index is -3.38. The van der Waals surface area contributed by atoms with Gasteiger partial charge in [0, 0.05) is 19.3 Å². The van der Waals surface area contributed by atoms with E-state index in [4.69, 9.17) is 22.7 Å². The molecule has 0 radical (unpaired) electrons. The fraction of sp³-hybridized carbons (Fsp3) is 0.462. The fourth-order valence-corrected chi connectivity index (χ4v) is 5.29. The largest absolute Gasteiger partial charge is 0.393 e. The molecule has 0 unspecified atom stereocenters. The van der Waals surface area contributed by atoms with Gasteiger partial charge in [0.25, 0.3) is 0 Å². The SMILES string of the molecule is COC[C@]1(C(N)=S)[C@@H](c2cccc(F)c2)[C@@H]1S(C)(=O)=O. The van der Waals surface area contributed by atoms with Crippen LogP contribution >= 0.6 is 12.2 Å². The molecule has 20 heavy (non-hydrogen) atoms. The van der Waals surface area contributed by atoms with Gasteiger partial charge in [0.2, 0.25) is 0 Å². The van der Waals surface area contributed by atoms with Crippen LogP contribution in [0.25, 0.3) is 0 Å². The number of sulfone groups is 1. The summed E-state index contributed by atoms with van der Waals surface area (Å²) in [4.78, 5) is 0.0871. The lowest BCUT2D eigenvalue weighted by atomic mass is 10.00. The third-order valence-corrected chi connectivity index (χ3v) is 5.76. The van der Waals surface area contributed by atoms with Crippen LogP contribution in [0.3, 0.4) is 0 Å². The van der Waals surface area contributed by atoms with Crippen molar-refractivity contribution in [2.45, 2.75) is 11.2 Å². The normalized spacial score (nSPS) is 29.1. The maximum Gasteiger partial charge on any atom is 0.152 e. The van der Waals surface area contributed by atoms with Crippen LogP contribution < -0.4 is 5.73 Å². The zero-order valence-corrected chi connectivity index (χ0v) is 12.8. The molecule has 0 heterocycles. The van der Waals surface area contributed by atoms with Gasteiger partial charge >= 0.3 is 0 Å². The highest BCUT2D eigenvalue weighted by Gasteiger charge is 2.71. The van der Waals surface area contributed by atoms with Crippen LogP contribution in [0.5, 0.6) is 0 Å². The van der Waals surface area contributed by atoms with Gasteiger partial charge in [0.05, 0.1) is 22.3 Å². The monoisotopic (exact) mass is 317 g/mol. The van der Waals surface area contributed by atoms with E-state index in [0.717, 1.165) is 6.26 Å². The molecule has 0 spiro atoms. The van der Waals surface area contributed by atoms with Gasteiger partial charge in [-0.05, 0) is 17.7 Å². The molecular weight excluding hydrogens is 301 g/mol. The Hall–Kier alpha value is -1.05. The number of hydrogen-bond donors (Lipinski definition) is 1. The minimum absolute atomic E-state index is 0.0871. The zero-order valence-electron chi connectivity index (χ0n) is 11.2. The molecule has 4 nitrogen and oxygen atoms in total. The molecule has 0 saturated heterocycles. The predicted molar refractivity (Wildman–Crippen MR) is 78.9 cm³/mol. The Kier molecular flexibility index (Phi) is 3.88. The van der Waals surface area contributed by atoms with Crippen molar-refractivity contribution in [1.29, 1.82) is 0 Å². The average molecular weight is 317 g/mol. The minimum Gasteiger partial charge on any atom is -0.393 e. The molecule has 1 fully saturated rings. The maximum atomic E-state index is 13.4. The van der Waals surface area contributed by atoms with E-state index >= 15 is 0 Å². The van der Waals surface area contributed by atoms with Crippen molar-refractivity contribution in [3.8, 4) is 0 Å². The summed E-state index contributed by atoms with van der Waals surface area (Å²) < 4.78 is 42.5. The Morgan fingerprint density at radius 2 is 2.20 bits per heavy atom. The zero-order chi connectivity index (χ0) is 15.1. The van der Waals surface area contributed by atoms with Crippen molar-refractivity contribution in [2.75, 3.05) is 20.0 Å². The summed E-state index contributed by atoms with van der Waals surface area (Å²) in [5.74, 6) is -0.887. The first-order chi connectivity index (χ1) is 9.25. The molecule has 1 saturated carbocycles. The molecule has 1 aliphatic rings. The van der Waals surface area contributed by atoms with Crippen LogP contribution in [0.1, 0.15) is 11.5 Å². The Morgan fingerprint density at radius 1 is 1.55 bits per heavy atom. The first-order valence-corrected chi connectivity index (χ1v) is 8.34. The van der Waals surface area contributed by atoms with E-state index < -0.39 is 32.2 Å². The van der Waals surface area contributed by atoms with E-state index in [1.165, 1.54) is 19.2 Å². The van der Waals surface area contributed by atoms with Crippen molar-refractivity contribution in [3.05, 3.63) is 35.6 Å². The number of halogens is 1. The Bertz CT molecular complexity index is 647. The van der Waals surface area contributed by atoms with Gasteiger partial charge in [0.1, 0.15) is 5.82 Å². The maximum absolute atomic E-state index is 13.4. The first-order valence-electron chi connectivity index (χ1n) is 5.98. The molecule has 3 atom stereocenters. The Morgan fingerprint density at radius 3 is 2.65 bits per heavy atom. The van der Waals surface area contributed by atoms with Crippen molar-refractivity contribution in [2.24, 2.45) is 11.1 Å². The molecule has 7 heteroatoms. The molecule has 0 amide bonds. The van der Waals surface area contributed by atoms with Gasteiger partial charge in [-0.15, -0.1) is 0 Å². The number of benzene rings is 1. The summed E-state index contributed by atoms with van der Waals surface area (Å²) in [5, 5.41) is -0.769. The smallest absolute Gasteiger partial charge is 0.152 e. The van der Waals surface area contributed by atoms with Crippen LogP contribution in [0, 0.1) is 11.2 Å². The number of methoxy groups -OCH3 is 1. The second-order valence-corrected chi connectivity index (χ2v) is 7.73. The van der Waals surface area contributed by atoms with E-state index in [-0.39, 0.29) is 11.6 Å². The molecule has 2 rings (SSSR count). The summed E-state index contributed by atoms with van der Waals surface area (Å²) in [7, 11) is -1.93. The van der Waals surface area contributed by atoms with Crippen LogP contribution in [0.4, 0.5) is 4.39 Å². The lowest BCUT2D eigenvalue weighted by Crippen LogP contribution is -2.32. The van der Waals surface area contributed by atoms with Gasteiger partial charge < -0.3 is 10.5 Å². The first kappa shape index (κ1) is 15.3. The molecular formula is C13H16FNO3S2. The topological polar surface area (TPSA) is 69.4 Å². The molecule has 1 aromatic carbocycles. The van der Waals surface area contributed by atoms with Crippen LogP contribution in [-0.4, -0.2) is 38.6 Å². The summed E-state index contributed by atoms with van der Waals surface area (Å²) >= 11 is 5.06. The lowest BCUT2D eigenvalue weighted by molar-refractivity contribution is 0.166. The number of rotatable bonds is 5. The third-order valence-electron chi connectivity index (χ3n) is 3.77. The molecule has 110 valence electrons. The molecule has 0 aliphatic heterocycles. The Labute approximate surface area is 123 Å². The molecule has 2 N–H and O–H groups in total. The van der Waals surface area contributed by atoms with E-state index in [1.54, 1.807) is 12.1 Å². The highest BCUT2D eigenvalue weighted by molar-refractivity contribution is 7.92. The van der Waals surface area contributed by atoms with Crippen LogP contribution in [0.15, 0.2) is 24.3 Å². The standard InChI is InChI=1S/C13H16FNO3S2/c1-18-7-13(12(15)19)10(11(13)20(2,16)17)8-4-3-5-9(14)6-8/h3-6,10-11H,7H2,1-2H3,(H2,15,19)/t10-,11-,13-/m0/s1. The molecule has 0 bridgehead atoms. The number of hydrogen-bond acceptors (Lipinski definition) is 4. The highest BCUT2D eigenvalue weighted by atomic mass is 32.2. The van der Waals surface area contributed by atoms with Crippen molar-refractivity contribution >= 4 is 27.0 Å². The molecule has 1 aliphatic carbocycles. The van der Waals surface area contributed by atoms with Gasteiger partial charge in [-0.2, -0.15) is 0 Å². The van der Waals surface area contributed by atoms with E-state index in [9.17, 15) is 12.8 Å². The van der Waals surface area contributed by atoms with Gasteiger partial charge in [-0.3, -0.25) is 0 Å². The molecule has 0 aromatic heterocycles. The van der Waals surface area contributed by atoms with E-state index in [2.05, 4.69) is 0 Å². The second kappa shape index (κ2) is 5.05. The predicted octanol–water partition coefficient (Wildman–Crippen LogP) is 1.26. The average Bonchev–Trinajstić information content (AvgIpc) is 3.00. The van der Waals surface area contributed by atoms with Crippen LogP contribution in [0.2, 0.25) is 0 Å². The summed E-state index contributed by atoms with van der Waals surface area (Å²) in [6.07, 6.45) is 1.14. The molecule has 1 aromatic rings. The van der Waals surface area contributed by atoms with Crippen LogP contribution in [-0.2, 0) is 14.6 Å². The van der Waals surface area contributed by atoms with Gasteiger partial charge in [0.15, 0.2) is 9.84 Å². The number of thiocarbonyl (C=S) groups is 1. The lowest BCUT2D eigenvalue weighted by Gasteiger charge is -2.15. The van der Waals surface area contributed by atoms with Crippen molar-refractivity contribution < 1.29 is 17.5 Å². The van der Waals surface area contributed by atoms with Gasteiger partial charge in [-0.25, -0.2) is 12.8 Å².